The number of hydrogen-bond donors (Lipinski definition) is 2. The molecule has 16 heavy (non-hydrogen) atoms. The summed E-state index contributed by atoms with van der Waals surface area (Å²) in [5.74, 6) is -0.0850. The number of carboxylic acid groups (broad SMARTS) is 1. The first-order valence-corrected chi connectivity index (χ1v) is 6.02. The number of allylic oxidation sites excluding steroid dienone is 2. The Hall–Kier alpha value is -1.09. The predicted octanol–water partition coefficient (Wildman–Crippen LogP) is 2.35. The molecule has 0 aliphatic heterocycles. The quantitative estimate of drug-likeness (QED) is 0.413. The van der Waals surface area contributed by atoms with Crippen LogP contribution in [0.2, 0.25) is 0 Å². The van der Waals surface area contributed by atoms with Gasteiger partial charge in [0, 0.05) is 12.1 Å². The van der Waals surface area contributed by atoms with Crippen LogP contribution in [0.4, 0.5) is 0 Å². The molecule has 0 aromatic heterocycles. The van der Waals surface area contributed by atoms with Gasteiger partial charge in [-0.2, -0.15) is 0 Å². The van der Waals surface area contributed by atoms with Gasteiger partial charge in [0.2, 0.25) is 0 Å². The molecule has 0 fully saturated rings. The highest BCUT2D eigenvalue weighted by Gasteiger charge is 2.08. The summed E-state index contributed by atoms with van der Waals surface area (Å²) in [5.41, 5.74) is 0.496. The van der Waals surface area contributed by atoms with Crippen molar-refractivity contribution in [2.24, 2.45) is 5.92 Å². The van der Waals surface area contributed by atoms with Crippen molar-refractivity contribution in [3.05, 3.63) is 23.8 Å². The Bertz CT molecular complexity index is 282. The Labute approximate surface area is 97.2 Å². The summed E-state index contributed by atoms with van der Waals surface area (Å²) in [7, 11) is 0. The van der Waals surface area contributed by atoms with Crippen molar-refractivity contribution in [2.75, 3.05) is 13.1 Å². The van der Waals surface area contributed by atoms with Gasteiger partial charge >= 0.3 is 5.97 Å². The number of aliphatic carboxylic acids is 1. The van der Waals surface area contributed by atoms with Gasteiger partial charge in [-0.25, -0.2) is 4.79 Å². The first-order chi connectivity index (χ1) is 7.74. The van der Waals surface area contributed by atoms with Gasteiger partial charge in [-0.05, 0) is 38.1 Å². The summed E-state index contributed by atoms with van der Waals surface area (Å²) in [6, 6.07) is 0. The van der Waals surface area contributed by atoms with Crippen LogP contribution >= 0.6 is 0 Å². The molecule has 0 radical (unpaired) electrons. The zero-order chi connectivity index (χ0) is 11.8. The first-order valence-electron chi connectivity index (χ1n) is 6.02. The molecule has 3 heteroatoms. The van der Waals surface area contributed by atoms with E-state index < -0.39 is 5.97 Å². The summed E-state index contributed by atoms with van der Waals surface area (Å²) in [4.78, 5) is 10.7. The van der Waals surface area contributed by atoms with E-state index in [2.05, 4.69) is 17.5 Å². The minimum Gasteiger partial charge on any atom is -0.478 e. The topological polar surface area (TPSA) is 49.3 Å². The SMILES string of the molecule is CC/C(=C/CNCC1CC=CCC1)C(=O)O. The van der Waals surface area contributed by atoms with Crippen LogP contribution in [0.25, 0.3) is 0 Å². The molecule has 0 saturated carbocycles. The van der Waals surface area contributed by atoms with E-state index in [-0.39, 0.29) is 0 Å². The Balaban J connectivity index is 2.19. The molecule has 1 aliphatic carbocycles. The highest BCUT2D eigenvalue weighted by molar-refractivity contribution is 5.86. The average Bonchev–Trinajstić information content (AvgIpc) is 2.30. The fourth-order valence-corrected chi connectivity index (χ4v) is 1.91. The third-order valence-electron chi connectivity index (χ3n) is 2.96. The van der Waals surface area contributed by atoms with Gasteiger partial charge in [0.15, 0.2) is 0 Å². The summed E-state index contributed by atoms with van der Waals surface area (Å²) in [6.07, 6.45) is 10.4. The molecular formula is C13H21NO2. The molecule has 0 aromatic rings. The van der Waals surface area contributed by atoms with Crippen LogP contribution < -0.4 is 5.32 Å². The van der Waals surface area contributed by atoms with Crippen molar-refractivity contribution in [3.8, 4) is 0 Å². The Morgan fingerprint density at radius 2 is 2.38 bits per heavy atom. The molecule has 1 atom stereocenters. The van der Waals surface area contributed by atoms with Gasteiger partial charge in [0.1, 0.15) is 0 Å². The molecule has 90 valence electrons. The van der Waals surface area contributed by atoms with Gasteiger partial charge in [-0.1, -0.05) is 25.2 Å². The molecule has 0 heterocycles. The van der Waals surface area contributed by atoms with Gasteiger partial charge < -0.3 is 10.4 Å². The lowest BCUT2D eigenvalue weighted by atomic mass is 9.94. The number of nitrogens with one attached hydrogen (secondary N) is 1. The van der Waals surface area contributed by atoms with Crippen LogP contribution in [-0.4, -0.2) is 24.2 Å². The van der Waals surface area contributed by atoms with E-state index in [1.54, 1.807) is 6.08 Å². The van der Waals surface area contributed by atoms with Crippen LogP contribution in [-0.2, 0) is 4.79 Å². The van der Waals surface area contributed by atoms with Crippen LogP contribution in [0.5, 0.6) is 0 Å². The van der Waals surface area contributed by atoms with Crippen molar-refractivity contribution in [1.82, 2.24) is 5.32 Å². The van der Waals surface area contributed by atoms with Crippen molar-refractivity contribution >= 4 is 5.97 Å². The van der Waals surface area contributed by atoms with E-state index in [9.17, 15) is 4.79 Å². The monoisotopic (exact) mass is 223 g/mol. The van der Waals surface area contributed by atoms with Crippen molar-refractivity contribution in [3.63, 3.8) is 0 Å². The van der Waals surface area contributed by atoms with E-state index in [0.717, 1.165) is 13.0 Å². The average molecular weight is 223 g/mol. The molecule has 0 saturated heterocycles. The second-order valence-electron chi connectivity index (χ2n) is 4.20. The van der Waals surface area contributed by atoms with E-state index in [1.165, 1.54) is 12.8 Å². The van der Waals surface area contributed by atoms with E-state index in [0.29, 0.717) is 24.5 Å². The van der Waals surface area contributed by atoms with E-state index in [4.69, 9.17) is 5.11 Å². The number of hydrogen-bond acceptors (Lipinski definition) is 2. The maximum atomic E-state index is 10.7. The molecule has 0 amide bonds. The Morgan fingerprint density at radius 3 is 2.94 bits per heavy atom. The van der Waals surface area contributed by atoms with Crippen LogP contribution in [0.3, 0.4) is 0 Å². The predicted molar refractivity (Wildman–Crippen MR) is 65.4 cm³/mol. The molecule has 2 N–H and O–H groups in total. The van der Waals surface area contributed by atoms with Crippen molar-refractivity contribution < 1.29 is 9.90 Å². The minimum atomic E-state index is -0.801. The standard InChI is InChI=1S/C13H21NO2/c1-2-12(13(15)16)8-9-14-10-11-6-4-3-5-7-11/h3-4,8,11,14H,2,5-7,9-10H2,1H3,(H,15,16)/b12-8-. The Morgan fingerprint density at radius 1 is 1.56 bits per heavy atom. The summed E-state index contributed by atoms with van der Waals surface area (Å²) in [5, 5.41) is 12.1. The molecule has 0 spiro atoms. The highest BCUT2D eigenvalue weighted by Crippen LogP contribution is 2.16. The number of rotatable bonds is 6. The van der Waals surface area contributed by atoms with Gasteiger partial charge in [0.25, 0.3) is 0 Å². The minimum absolute atomic E-state index is 0.496. The number of carboxylic acids is 1. The summed E-state index contributed by atoms with van der Waals surface area (Å²) < 4.78 is 0. The molecule has 1 rings (SSSR count). The lowest BCUT2D eigenvalue weighted by Gasteiger charge is -2.17. The molecule has 0 bridgehead atoms. The fraction of sp³-hybridized carbons (Fsp3) is 0.615. The van der Waals surface area contributed by atoms with Crippen LogP contribution in [0, 0.1) is 5.92 Å². The maximum Gasteiger partial charge on any atom is 0.331 e. The number of carbonyl (C=O) groups is 1. The largest absolute Gasteiger partial charge is 0.478 e. The Kier molecular flexibility index (Phi) is 5.86. The lowest BCUT2D eigenvalue weighted by Crippen LogP contribution is -2.24. The summed E-state index contributed by atoms with van der Waals surface area (Å²) >= 11 is 0. The lowest BCUT2D eigenvalue weighted by molar-refractivity contribution is -0.132. The van der Waals surface area contributed by atoms with E-state index in [1.807, 2.05) is 6.92 Å². The van der Waals surface area contributed by atoms with Crippen LogP contribution in [0.15, 0.2) is 23.8 Å². The first kappa shape index (κ1) is 13.0. The molecule has 3 nitrogen and oxygen atoms in total. The smallest absolute Gasteiger partial charge is 0.331 e. The van der Waals surface area contributed by atoms with Gasteiger partial charge in [0.05, 0.1) is 0 Å². The second-order valence-corrected chi connectivity index (χ2v) is 4.20. The zero-order valence-corrected chi connectivity index (χ0v) is 9.91. The highest BCUT2D eigenvalue weighted by atomic mass is 16.4. The maximum absolute atomic E-state index is 10.7. The third-order valence-corrected chi connectivity index (χ3v) is 2.96. The molecule has 1 aliphatic rings. The third kappa shape index (κ3) is 4.62. The molecular weight excluding hydrogens is 202 g/mol. The normalized spacial score (nSPS) is 21.1. The molecule has 1 unspecified atom stereocenters. The van der Waals surface area contributed by atoms with E-state index >= 15 is 0 Å². The molecule has 0 aromatic carbocycles. The van der Waals surface area contributed by atoms with Gasteiger partial charge in [-0.15, -0.1) is 0 Å². The van der Waals surface area contributed by atoms with Crippen molar-refractivity contribution in [1.29, 1.82) is 0 Å². The second kappa shape index (κ2) is 7.23. The fourth-order valence-electron chi connectivity index (χ4n) is 1.91. The van der Waals surface area contributed by atoms with Crippen molar-refractivity contribution in [2.45, 2.75) is 32.6 Å². The zero-order valence-electron chi connectivity index (χ0n) is 9.91. The summed E-state index contributed by atoms with van der Waals surface area (Å²) in [6.45, 7) is 3.51. The van der Waals surface area contributed by atoms with Gasteiger partial charge in [-0.3, -0.25) is 0 Å². The van der Waals surface area contributed by atoms with Crippen LogP contribution in [0.1, 0.15) is 32.6 Å².